The average molecular weight is 425 g/mol. The summed E-state index contributed by atoms with van der Waals surface area (Å²) in [6.07, 6.45) is 3.20. The van der Waals surface area contributed by atoms with Crippen molar-refractivity contribution in [1.29, 1.82) is 0 Å². The van der Waals surface area contributed by atoms with E-state index in [1.165, 1.54) is 21.6 Å². The fourth-order valence-corrected chi connectivity index (χ4v) is 5.98. The number of benzene rings is 2. The molecule has 0 aliphatic heterocycles. The summed E-state index contributed by atoms with van der Waals surface area (Å²) < 4.78 is 0. The SMILES string of the molecule is Cc1c(C(C(=O)O)C(C)C)ccc(Cl)c1-c1cccc2c1CCCc1ccsc1-2. The molecule has 1 aliphatic rings. The summed E-state index contributed by atoms with van der Waals surface area (Å²) in [5.41, 5.74) is 8.00. The Balaban J connectivity index is 1.95. The van der Waals surface area contributed by atoms with E-state index in [0.717, 1.165) is 41.5 Å². The lowest BCUT2D eigenvalue weighted by Gasteiger charge is -2.23. The van der Waals surface area contributed by atoms with Gasteiger partial charge in [0, 0.05) is 15.5 Å². The molecule has 1 heterocycles. The van der Waals surface area contributed by atoms with Crippen LogP contribution in [0.5, 0.6) is 0 Å². The molecule has 29 heavy (non-hydrogen) atoms. The van der Waals surface area contributed by atoms with Gasteiger partial charge in [0.1, 0.15) is 0 Å². The first-order chi connectivity index (χ1) is 13.9. The van der Waals surface area contributed by atoms with Crippen molar-refractivity contribution in [2.24, 2.45) is 5.92 Å². The number of aliphatic carboxylic acids is 1. The molecule has 0 bridgehead atoms. The number of carboxylic acid groups (broad SMARTS) is 1. The second-order valence-electron chi connectivity index (χ2n) is 8.16. The zero-order valence-corrected chi connectivity index (χ0v) is 18.5. The van der Waals surface area contributed by atoms with Gasteiger partial charge in [-0.25, -0.2) is 0 Å². The summed E-state index contributed by atoms with van der Waals surface area (Å²) in [4.78, 5) is 13.3. The zero-order valence-electron chi connectivity index (χ0n) is 17.0. The van der Waals surface area contributed by atoms with Crippen LogP contribution >= 0.6 is 22.9 Å². The van der Waals surface area contributed by atoms with Crippen molar-refractivity contribution in [3.63, 3.8) is 0 Å². The summed E-state index contributed by atoms with van der Waals surface area (Å²) in [6, 6.07) is 12.4. The molecule has 1 unspecified atom stereocenters. The number of thiophene rings is 1. The molecule has 0 saturated heterocycles. The second-order valence-corrected chi connectivity index (χ2v) is 9.48. The summed E-state index contributed by atoms with van der Waals surface area (Å²) >= 11 is 8.52. The van der Waals surface area contributed by atoms with Gasteiger partial charge in [-0.15, -0.1) is 11.3 Å². The molecule has 0 radical (unpaired) electrons. The minimum absolute atomic E-state index is 0.00166. The van der Waals surface area contributed by atoms with Crippen molar-refractivity contribution in [1.82, 2.24) is 0 Å². The van der Waals surface area contributed by atoms with Gasteiger partial charge >= 0.3 is 5.97 Å². The van der Waals surface area contributed by atoms with E-state index in [1.807, 2.05) is 32.9 Å². The van der Waals surface area contributed by atoms with Gasteiger partial charge in [0.25, 0.3) is 0 Å². The molecule has 1 N–H and O–H groups in total. The molecule has 4 heteroatoms. The first kappa shape index (κ1) is 20.2. The standard InChI is InChI=1S/C25H25ClO2S/c1-14(2)22(25(27)28)17-10-11-21(26)23(15(17)3)19-8-5-9-20-18(19)7-4-6-16-12-13-29-24(16)20/h5,8-14,22H,4,6-7H2,1-3H3,(H,27,28). The van der Waals surface area contributed by atoms with Gasteiger partial charge in [0.2, 0.25) is 0 Å². The predicted molar refractivity (Wildman–Crippen MR) is 122 cm³/mol. The van der Waals surface area contributed by atoms with E-state index >= 15 is 0 Å². The third-order valence-electron chi connectivity index (χ3n) is 6.03. The maximum Gasteiger partial charge on any atom is 0.311 e. The zero-order chi connectivity index (χ0) is 20.7. The monoisotopic (exact) mass is 424 g/mol. The second kappa shape index (κ2) is 7.97. The van der Waals surface area contributed by atoms with Crippen LogP contribution < -0.4 is 0 Å². The van der Waals surface area contributed by atoms with Crippen LogP contribution in [0.3, 0.4) is 0 Å². The summed E-state index contributed by atoms with van der Waals surface area (Å²) in [5.74, 6) is -1.33. The average Bonchev–Trinajstić information content (AvgIpc) is 3.05. The Bertz CT molecular complexity index is 1080. The molecule has 0 spiro atoms. The number of carbonyl (C=O) groups is 1. The lowest BCUT2D eigenvalue weighted by molar-refractivity contribution is -0.139. The summed E-state index contributed by atoms with van der Waals surface area (Å²) in [7, 11) is 0. The first-order valence-electron chi connectivity index (χ1n) is 10.1. The van der Waals surface area contributed by atoms with Crippen LogP contribution in [0, 0.1) is 12.8 Å². The van der Waals surface area contributed by atoms with Crippen LogP contribution in [0.25, 0.3) is 21.6 Å². The van der Waals surface area contributed by atoms with E-state index < -0.39 is 11.9 Å². The fraction of sp³-hybridized carbons (Fsp3) is 0.320. The highest BCUT2D eigenvalue weighted by molar-refractivity contribution is 7.13. The predicted octanol–water partition coefficient (Wildman–Crippen LogP) is 7.36. The minimum atomic E-state index is -0.786. The van der Waals surface area contributed by atoms with Crippen LogP contribution in [-0.2, 0) is 17.6 Å². The Morgan fingerprint density at radius 1 is 1.10 bits per heavy atom. The van der Waals surface area contributed by atoms with Crippen LogP contribution in [0.4, 0.5) is 0 Å². The quantitative estimate of drug-likeness (QED) is 0.475. The van der Waals surface area contributed by atoms with Gasteiger partial charge in [-0.3, -0.25) is 4.79 Å². The van der Waals surface area contributed by atoms with Gasteiger partial charge in [-0.05, 0) is 83.0 Å². The number of hydrogen-bond acceptors (Lipinski definition) is 2. The summed E-state index contributed by atoms with van der Waals surface area (Å²) in [6.45, 7) is 5.93. The molecule has 1 atom stereocenters. The van der Waals surface area contributed by atoms with Crippen molar-refractivity contribution in [3.05, 3.63) is 69.1 Å². The Labute approximate surface area is 181 Å². The molecule has 0 amide bonds. The molecule has 1 aliphatic carbocycles. The van der Waals surface area contributed by atoms with E-state index in [-0.39, 0.29) is 5.92 Å². The molecule has 0 fully saturated rings. The van der Waals surface area contributed by atoms with Crippen LogP contribution in [0.2, 0.25) is 5.02 Å². The van der Waals surface area contributed by atoms with Crippen molar-refractivity contribution >= 4 is 28.9 Å². The molecule has 4 rings (SSSR count). The van der Waals surface area contributed by atoms with Gasteiger partial charge < -0.3 is 5.11 Å². The highest BCUT2D eigenvalue weighted by atomic mass is 35.5. The van der Waals surface area contributed by atoms with Crippen LogP contribution in [0.15, 0.2) is 41.8 Å². The molecular formula is C25H25ClO2S. The molecule has 3 aromatic rings. The Morgan fingerprint density at radius 3 is 2.59 bits per heavy atom. The molecule has 2 aromatic carbocycles. The molecule has 0 saturated carbocycles. The number of halogens is 1. The van der Waals surface area contributed by atoms with Crippen LogP contribution in [-0.4, -0.2) is 11.1 Å². The van der Waals surface area contributed by atoms with Gasteiger partial charge in [0.15, 0.2) is 0 Å². The smallest absolute Gasteiger partial charge is 0.311 e. The third-order valence-corrected chi connectivity index (χ3v) is 7.34. The number of hydrogen-bond donors (Lipinski definition) is 1. The van der Waals surface area contributed by atoms with Gasteiger partial charge in [-0.1, -0.05) is 49.7 Å². The number of carboxylic acids is 1. The minimum Gasteiger partial charge on any atom is -0.481 e. The molecule has 2 nitrogen and oxygen atoms in total. The fourth-order valence-electron chi connectivity index (χ4n) is 4.67. The molecule has 1 aromatic heterocycles. The lowest BCUT2D eigenvalue weighted by Crippen LogP contribution is -2.19. The maximum atomic E-state index is 12.0. The number of rotatable bonds is 4. The Kier molecular flexibility index (Phi) is 5.54. The number of aryl methyl sites for hydroxylation is 1. The highest BCUT2D eigenvalue weighted by Crippen LogP contribution is 2.44. The largest absolute Gasteiger partial charge is 0.481 e. The van der Waals surface area contributed by atoms with Crippen molar-refractivity contribution < 1.29 is 9.90 Å². The van der Waals surface area contributed by atoms with E-state index in [4.69, 9.17) is 11.6 Å². The van der Waals surface area contributed by atoms with Crippen molar-refractivity contribution in [2.45, 2.75) is 46.0 Å². The van der Waals surface area contributed by atoms with E-state index in [2.05, 4.69) is 29.6 Å². The highest BCUT2D eigenvalue weighted by Gasteiger charge is 2.28. The maximum absolute atomic E-state index is 12.0. The third kappa shape index (κ3) is 3.51. The normalized spacial score (nSPS) is 14.2. The topological polar surface area (TPSA) is 37.3 Å². The van der Waals surface area contributed by atoms with E-state index in [0.29, 0.717) is 5.02 Å². The summed E-state index contributed by atoms with van der Waals surface area (Å²) in [5, 5.41) is 12.7. The Hall–Kier alpha value is -2.10. The van der Waals surface area contributed by atoms with Gasteiger partial charge in [-0.2, -0.15) is 0 Å². The van der Waals surface area contributed by atoms with Crippen molar-refractivity contribution in [2.75, 3.05) is 0 Å². The lowest BCUT2D eigenvalue weighted by atomic mass is 9.82. The molecule has 150 valence electrons. The number of fused-ring (bicyclic) bond motifs is 3. The first-order valence-corrected chi connectivity index (χ1v) is 11.4. The molecular weight excluding hydrogens is 400 g/mol. The van der Waals surface area contributed by atoms with E-state index in [9.17, 15) is 9.90 Å². The Morgan fingerprint density at radius 2 is 1.86 bits per heavy atom. The van der Waals surface area contributed by atoms with Crippen molar-refractivity contribution in [3.8, 4) is 21.6 Å². The van der Waals surface area contributed by atoms with E-state index in [1.54, 1.807) is 11.3 Å². The van der Waals surface area contributed by atoms with Gasteiger partial charge in [0.05, 0.1) is 5.92 Å². The van der Waals surface area contributed by atoms with Crippen LogP contribution in [0.1, 0.15) is 48.4 Å².